The summed E-state index contributed by atoms with van der Waals surface area (Å²) in [5.74, 6) is -0.148. The molecule has 0 spiro atoms. The Morgan fingerprint density at radius 3 is 2.17 bits per heavy atom. The number of hydrogen-bond acceptors (Lipinski definition) is 3. The van der Waals surface area contributed by atoms with Gasteiger partial charge in [-0.25, -0.2) is 0 Å². The highest BCUT2D eigenvalue weighted by Gasteiger charge is 2.33. The summed E-state index contributed by atoms with van der Waals surface area (Å²) in [6, 6.07) is 16.5. The smallest absolute Gasteiger partial charge is 0.251 e. The minimum Gasteiger partial charge on any atom is -0.388 e. The van der Waals surface area contributed by atoms with Crippen molar-refractivity contribution in [2.24, 2.45) is 11.8 Å². The second-order valence-corrected chi connectivity index (χ2v) is 8.58. The van der Waals surface area contributed by atoms with Crippen LogP contribution < -0.4 is 5.32 Å². The molecule has 2 unspecified atom stereocenters. The van der Waals surface area contributed by atoms with Crippen molar-refractivity contribution in [2.45, 2.75) is 45.8 Å². The zero-order valence-corrected chi connectivity index (χ0v) is 18.0. The molecule has 30 heavy (non-hydrogen) atoms. The van der Waals surface area contributed by atoms with Crippen molar-refractivity contribution in [1.82, 2.24) is 10.2 Å². The lowest BCUT2D eigenvalue weighted by molar-refractivity contribution is -0.136. The zero-order valence-electron chi connectivity index (χ0n) is 18.0. The van der Waals surface area contributed by atoms with Crippen LogP contribution in [0.25, 0.3) is 0 Å². The van der Waals surface area contributed by atoms with E-state index >= 15 is 0 Å². The zero-order chi connectivity index (χ0) is 21.7. The monoisotopic (exact) mass is 408 g/mol. The van der Waals surface area contributed by atoms with Gasteiger partial charge in [-0.3, -0.25) is 9.59 Å². The molecule has 1 fully saturated rings. The highest BCUT2D eigenvalue weighted by atomic mass is 16.3. The maximum atomic E-state index is 13.2. The van der Waals surface area contributed by atoms with E-state index in [-0.39, 0.29) is 23.7 Å². The van der Waals surface area contributed by atoms with Crippen molar-refractivity contribution in [3.05, 3.63) is 71.3 Å². The van der Waals surface area contributed by atoms with Crippen LogP contribution in [0.15, 0.2) is 54.6 Å². The van der Waals surface area contributed by atoms with Crippen LogP contribution in [0, 0.1) is 18.8 Å². The fourth-order valence-electron chi connectivity index (χ4n) is 4.00. The first kappa shape index (κ1) is 22.0. The van der Waals surface area contributed by atoms with Crippen molar-refractivity contribution in [2.75, 3.05) is 13.1 Å². The minimum absolute atomic E-state index is 0.0143. The van der Waals surface area contributed by atoms with E-state index in [0.29, 0.717) is 18.7 Å². The summed E-state index contributed by atoms with van der Waals surface area (Å²) in [6.07, 6.45) is 0.988. The lowest BCUT2D eigenvalue weighted by Crippen LogP contribution is -2.53. The molecule has 2 atom stereocenters. The van der Waals surface area contributed by atoms with E-state index in [1.165, 1.54) is 0 Å². The quantitative estimate of drug-likeness (QED) is 0.765. The molecule has 0 radical (unpaired) electrons. The number of aryl methyl sites for hydroxylation is 1. The molecular formula is C25H32N2O3. The maximum absolute atomic E-state index is 13.2. The molecule has 5 nitrogen and oxygen atoms in total. The first-order chi connectivity index (χ1) is 14.4. The van der Waals surface area contributed by atoms with Gasteiger partial charge in [-0.15, -0.1) is 0 Å². The number of aliphatic hydroxyl groups is 1. The van der Waals surface area contributed by atoms with Crippen molar-refractivity contribution >= 4 is 11.8 Å². The van der Waals surface area contributed by atoms with Gasteiger partial charge in [0.15, 0.2) is 0 Å². The lowest BCUT2D eigenvalue weighted by Gasteiger charge is -2.37. The Morgan fingerprint density at radius 2 is 1.60 bits per heavy atom. The molecule has 0 aromatic heterocycles. The Bertz CT molecular complexity index is 840. The van der Waals surface area contributed by atoms with Gasteiger partial charge in [-0.2, -0.15) is 0 Å². The summed E-state index contributed by atoms with van der Waals surface area (Å²) in [5, 5.41) is 13.6. The van der Waals surface area contributed by atoms with Gasteiger partial charge >= 0.3 is 0 Å². The molecular weight excluding hydrogens is 376 g/mol. The van der Waals surface area contributed by atoms with Crippen LogP contribution in [0.4, 0.5) is 0 Å². The average Bonchev–Trinajstić information content (AvgIpc) is 2.77. The number of hydrogen-bond donors (Lipinski definition) is 2. The van der Waals surface area contributed by atoms with Crippen LogP contribution in [0.1, 0.15) is 54.3 Å². The predicted octanol–water partition coefficient (Wildman–Crippen LogP) is 3.72. The molecule has 1 saturated heterocycles. The predicted molar refractivity (Wildman–Crippen MR) is 118 cm³/mol. The summed E-state index contributed by atoms with van der Waals surface area (Å²) in [4.78, 5) is 27.6. The Labute approximate surface area is 179 Å². The van der Waals surface area contributed by atoms with E-state index in [4.69, 9.17) is 0 Å². The number of amides is 2. The highest BCUT2D eigenvalue weighted by molar-refractivity contribution is 5.97. The number of piperidine rings is 1. The fourth-order valence-corrected chi connectivity index (χ4v) is 4.00. The van der Waals surface area contributed by atoms with Crippen LogP contribution in [-0.2, 0) is 4.79 Å². The van der Waals surface area contributed by atoms with E-state index in [0.717, 1.165) is 24.0 Å². The summed E-state index contributed by atoms with van der Waals surface area (Å²) in [6.45, 7) is 7.06. The maximum Gasteiger partial charge on any atom is 0.251 e. The third-order valence-corrected chi connectivity index (χ3v) is 5.97. The summed E-state index contributed by atoms with van der Waals surface area (Å²) in [5.41, 5.74) is 2.57. The van der Waals surface area contributed by atoms with E-state index in [1.807, 2.05) is 68.1 Å². The number of carbonyl (C=O) groups excluding carboxylic acids is 2. The number of likely N-dealkylation sites (tertiary alicyclic amines) is 1. The third kappa shape index (κ3) is 5.28. The van der Waals surface area contributed by atoms with Gasteiger partial charge < -0.3 is 15.3 Å². The molecule has 5 heteroatoms. The number of nitrogens with zero attached hydrogens (tertiary/aromatic N) is 1. The van der Waals surface area contributed by atoms with Gasteiger partial charge in [0.25, 0.3) is 5.91 Å². The topological polar surface area (TPSA) is 69.6 Å². The van der Waals surface area contributed by atoms with E-state index < -0.39 is 12.1 Å². The lowest BCUT2D eigenvalue weighted by atomic mass is 9.87. The van der Waals surface area contributed by atoms with Crippen LogP contribution in [-0.4, -0.2) is 41.0 Å². The third-order valence-electron chi connectivity index (χ3n) is 5.97. The molecule has 0 bridgehead atoms. The van der Waals surface area contributed by atoms with Crippen LogP contribution >= 0.6 is 0 Å². The molecule has 3 rings (SSSR count). The normalized spacial score (nSPS) is 16.9. The average molecular weight is 409 g/mol. The van der Waals surface area contributed by atoms with Gasteiger partial charge in [0.1, 0.15) is 6.04 Å². The highest BCUT2D eigenvalue weighted by Crippen LogP contribution is 2.31. The van der Waals surface area contributed by atoms with E-state index in [1.54, 1.807) is 12.1 Å². The first-order valence-electron chi connectivity index (χ1n) is 10.8. The summed E-state index contributed by atoms with van der Waals surface area (Å²) in [7, 11) is 0. The summed E-state index contributed by atoms with van der Waals surface area (Å²) >= 11 is 0. The molecule has 2 amide bonds. The van der Waals surface area contributed by atoms with Gasteiger partial charge in [-0.1, -0.05) is 61.9 Å². The van der Waals surface area contributed by atoms with Gasteiger partial charge in [-0.05, 0) is 49.3 Å². The van der Waals surface area contributed by atoms with Crippen molar-refractivity contribution in [3.8, 4) is 0 Å². The van der Waals surface area contributed by atoms with Crippen LogP contribution in [0.5, 0.6) is 0 Å². The number of rotatable bonds is 6. The van der Waals surface area contributed by atoms with E-state index in [9.17, 15) is 14.7 Å². The second-order valence-electron chi connectivity index (χ2n) is 8.58. The minimum atomic E-state index is -0.561. The van der Waals surface area contributed by atoms with Gasteiger partial charge in [0, 0.05) is 18.7 Å². The molecule has 1 aliphatic heterocycles. The Kier molecular flexibility index (Phi) is 7.27. The van der Waals surface area contributed by atoms with Gasteiger partial charge in [0.2, 0.25) is 5.91 Å². The molecule has 1 aliphatic rings. The van der Waals surface area contributed by atoms with Crippen LogP contribution in [0.2, 0.25) is 0 Å². The van der Waals surface area contributed by atoms with Crippen molar-refractivity contribution in [3.63, 3.8) is 0 Å². The first-order valence-corrected chi connectivity index (χ1v) is 10.8. The largest absolute Gasteiger partial charge is 0.388 e. The number of aliphatic hydroxyl groups excluding tert-OH is 1. The second kappa shape index (κ2) is 9.90. The molecule has 1 heterocycles. The molecule has 2 N–H and O–H groups in total. The van der Waals surface area contributed by atoms with Crippen LogP contribution in [0.3, 0.4) is 0 Å². The molecule has 2 aromatic carbocycles. The molecule has 0 saturated carbocycles. The molecule has 2 aromatic rings. The number of benzene rings is 2. The number of carbonyl (C=O) groups is 2. The van der Waals surface area contributed by atoms with Crippen molar-refractivity contribution in [1.29, 1.82) is 0 Å². The van der Waals surface area contributed by atoms with Gasteiger partial charge in [0.05, 0.1) is 6.10 Å². The van der Waals surface area contributed by atoms with Crippen molar-refractivity contribution < 1.29 is 14.7 Å². The molecule has 0 aliphatic carbocycles. The number of nitrogens with one attached hydrogen (secondary N) is 1. The Balaban J connectivity index is 1.60. The van der Waals surface area contributed by atoms with E-state index in [2.05, 4.69) is 5.32 Å². The summed E-state index contributed by atoms with van der Waals surface area (Å²) < 4.78 is 0. The Hall–Kier alpha value is -2.66. The standard InChI is InChI=1S/C25H32N2O3/c1-17(2)22(26-24(29)21-11-9-18(3)10-12-21)25(30)27-15-13-20(14-16-27)23(28)19-7-5-4-6-8-19/h4-12,17,20,22-23,28H,13-16H2,1-3H3,(H,26,29). The Morgan fingerprint density at radius 1 is 1.00 bits per heavy atom. The fraction of sp³-hybridized carbons (Fsp3) is 0.440. The SMILES string of the molecule is Cc1ccc(C(=O)NC(C(=O)N2CCC(C(O)c3ccccc3)CC2)C(C)C)cc1. The molecule has 160 valence electrons.